The fraction of sp³-hybridized carbons (Fsp3) is 0. The smallest absolute Gasteiger partial charge is 2.00 e. The molecule has 12 heteroatoms. The predicted octanol–water partition coefficient (Wildman–Crippen LogP) is -9.13. The van der Waals surface area contributed by atoms with Crippen molar-refractivity contribution in [1.29, 1.82) is 0 Å². The van der Waals surface area contributed by atoms with Crippen LogP contribution >= 0.6 is 0 Å². The van der Waals surface area contributed by atoms with Gasteiger partial charge in [-0.25, -0.2) is 0 Å². The van der Waals surface area contributed by atoms with Crippen LogP contribution < -0.4 is 29.6 Å². The summed E-state index contributed by atoms with van der Waals surface area (Å²) in [4.78, 5) is 0. The van der Waals surface area contributed by atoms with Crippen LogP contribution in [0, 0.1) is 0 Å². The van der Waals surface area contributed by atoms with Crippen LogP contribution in [-0.2, 0) is 38.8 Å². The van der Waals surface area contributed by atoms with Crippen LogP contribution in [0.5, 0.6) is 0 Å². The molecular weight excluding hydrogens is 276 g/mol. The SMILES string of the molecule is O.O.O.O.O.O.O.[Na+].[Nb+5].[O-2].[O-2].[O-2]. The Morgan fingerprint density at radius 1 is 0.333 bits per heavy atom. The molecule has 0 aromatic heterocycles. The first-order chi connectivity index (χ1) is 0. The molecule has 12 heavy (non-hydrogen) atoms. The van der Waals surface area contributed by atoms with E-state index >= 15 is 0 Å². The Kier molecular flexibility index (Phi) is 83300. The molecule has 0 aliphatic heterocycles. The van der Waals surface area contributed by atoms with Gasteiger partial charge in [0.2, 0.25) is 0 Å². The van der Waals surface area contributed by atoms with E-state index in [0.717, 1.165) is 0 Å². The predicted molar refractivity (Wildman–Crippen MR) is 27.4 cm³/mol. The van der Waals surface area contributed by atoms with Gasteiger partial charge in [-0.1, -0.05) is 0 Å². The second kappa shape index (κ2) is 883. The maximum atomic E-state index is 0. The second-order valence-corrected chi connectivity index (χ2v) is 0. The molecule has 0 aliphatic rings. The van der Waals surface area contributed by atoms with Crippen LogP contribution in [0.3, 0.4) is 0 Å². The van der Waals surface area contributed by atoms with Crippen molar-refractivity contribution < 1.29 is 107 Å². The van der Waals surface area contributed by atoms with Gasteiger partial charge in [-0.15, -0.1) is 0 Å². The van der Waals surface area contributed by atoms with Gasteiger partial charge in [0.1, 0.15) is 0 Å². The van der Waals surface area contributed by atoms with Crippen molar-refractivity contribution in [2.24, 2.45) is 0 Å². The van der Waals surface area contributed by atoms with E-state index < -0.39 is 0 Å². The van der Waals surface area contributed by atoms with Crippen molar-refractivity contribution in [3.8, 4) is 0 Å². The van der Waals surface area contributed by atoms with Gasteiger partial charge in [0.05, 0.1) is 0 Å². The zero-order valence-corrected chi connectivity index (χ0v) is 10.4. The van der Waals surface area contributed by atoms with E-state index in [9.17, 15) is 0 Å². The Balaban J connectivity index is 0. The fourth-order valence-electron chi connectivity index (χ4n) is 0. The zero-order valence-electron chi connectivity index (χ0n) is 6.17. The molecule has 0 aromatic rings. The molecule has 0 radical (unpaired) electrons. The van der Waals surface area contributed by atoms with E-state index in [0.29, 0.717) is 0 Å². The van der Waals surface area contributed by atoms with Gasteiger partial charge in [-0.2, -0.15) is 0 Å². The van der Waals surface area contributed by atoms with Crippen molar-refractivity contribution in [2.45, 2.75) is 0 Å². The Labute approximate surface area is 106 Å². The van der Waals surface area contributed by atoms with E-state index in [4.69, 9.17) is 0 Å². The molecule has 0 fully saturated rings. The molecular formula is H14NaNbO10. The minimum Gasteiger partial charge on any atom is -2.00 e. The second-order valence-electron chi connectivity index (χ2n) is 0. The van der Waals surface area contributed by atoms with Crippen molar-refractivity contribution in [3.63, 3.8) is 0 Å². The largest absolute Gasteiger partial charge is 5.00 e. The third-order valence-corrected chi connectivity index (χ3v) is 0. The molecule has 0 saturated carbocycles. The molecule has 80 valence electrons. The van der Waals surface area contributed by atoms with Crippen molar-refractivity contribution in [1.82, 2.24) is 0 Å². The molecule has 0 rings (SSSR count). The summed E-state index contributed by atoms with van der Waals surface area (Å²) in [5.41, 5.74) is 0. The number of hydrogen-bond acceptors (Lipinski definition) is 0. The molecule has 0 atom stereocenters. The third kappa shape index (κ3) is 675. The Bertz CT molecular complexity index is 9.80. The van der Waals surface area contributed by atoms with Crippen LogP contribution in [0.4, 0.5) is 0 Å². The summed E-state index contributed by atoms with van der Waals surface area (Å²) in [5, 5.41) is 0. The van der Waals surface area contributed by atoms with E-state index in [-0.39, 0.29) is 107 Å². The molecule has 0 aromatic carbocycles. The molecule has 0 saturated heterocycles. The van der Waals surface area contributed by atoms with Crippen LogP contribution in [0.25, 0.3) is 0 Å². The van der Waals surface area contributed by atoms with E-state index in [1.165, 1.54) is 0 Å². The molecule has 0 bridgehead atoms. The molecule has 0 amide bonds. The molecule has 0 unspecified atom stereocenters. The first kappa shape index (κ1) is 1130. The van der Waals surface area contributed by atoms with Gasteiger partial charge in [-0.05, 0) is 0 Å². The van der Waals surface area contributed by atoms with Crippen LogP contribution in [0.15, 0.2) is 0 Å². The Morgan fingerprint density at radius 2 is 0.333 bits per heavy atom. The minimum atomic E-state index is 0. The van der Waals surface area contributed by atoms with E-state index in [2.05, 4.69) is 0 Å². The third-order valence-electron chi connectivity index (χ3n) is 0. The topological polar surface area (TPSA) is 306 Å². The Hall–Kier alpha value is 1.34. The summed E-state index contributed by atoms with van der Waals surface area (Å²) in [6.07, 6.45) is 0. The van der Waals surface area contributed by atoms with E-state index in [1.54, 1.807) is 0 Å². The molecule has 0 spiro atoms. The van der Waals surface area contributed by atoms with Gasteiger partial charge in [0.15, 0.2) is 0 Å². The summed E-state index contributed by atoms with van der Waals surface area (Å²) in [6.45, 7) is 0. The van der Waals surface area contributed by atoms with Gasteiger partial charge >= 0.3 is 51.9 Å². The van der Waals surface area contributed by atoms with Gasteiger partial charge < -0.3 is 54.8 Å². The van der Waals surface area contributed by atoms with Gasteiger partial charge in [-0.3, -0.25) is 0 Å². The van der Waals surface area contributed by atoms with Crippen LogP contribution in [0.1, 0.15) is 0 Å². The first-order valence-corrected chi connectivity index (χ1v) is 0. The van der Waals surface area contributed by atoms with Gasteiger partial charge in [0.25, 0.3) is 0 Å². The summed E-state index contributed by atoms with van der Waals surface area (Å²) < 4.78 is 0. The summed E-state index contributed by atoms with van der Waals surface area (Å²) in [5.74, 6) is 0. The van der Waals surface area contributed by atoms with E-state index in [1.807, 2.05) is 0 Å². The maximum Gasteiger partial charge on any atom is 5.00 e. The van der Waals surface area contributed by atoms with Crippen LogP contribution in [0.2, 0.25) is 0 Å². The van der Waals surface area contributed by atoms with Crippen molar-refractivity contribution >= 4 is 0 Å². The quantitative estimate of drug-likeness (QED) is 0.375. The van der Waals surface area contributed by atoms with Crippen molar-refractivity contribution in [3.05, 3.63) is 0 Å². The fourth-order valence-corrected chi connectivity index (χ4v) is 0. The minimum absolute atomic E-state index is 0. The zero-order chi connectivity index (χ0) is 0. The average molecular weight is 290 g/mol. The normalized spacial score (nSPS) is 0. The maximum absolute atomic E-state index is 0. The summed E-state index contributed by atoms with van der Waals surface area (Å²) in [6, 6.07) is 0. The van der Waals surface area contributed by atoms with Crippen molar-refractivity contribution in [2.75, 3.05) is 0 Å². The summed E-state index contributed by atoms with van der Waals surface area (Å²) >= 11 is 0. The monoisotopic (exact) mass is 290 g/mol. The molecule has 10 nitrogen and oxygen atoms in total. The molecule has 0 aliphatic carbocycles. The molecule has 0 heterocycles. The van der Waals surface area contributed by atoms with Gasteiger partial charge in [0, 0.05) is 0 Å². The number of rotatable bonds is 0. The standard InChI is InChI=1S/Na.Nb.7H2O.3O/h;;7*1H2;;;/q+1;+5;;;;;;;;3*-2. The Morgan fingerprint density at radius 3 is 0.333 bits per heavy atom. The summed E-state index contributed by atoms with van der Waals surface area (Å²) in [7, 11) is 0. The molecule has 14 N–H and O–H groups in total. The number of hydrogen-bond donors (Lipinski definition) is 0. The first-order valence-electron chi connectivity index (χ1n) is 0. The average Bonchev–Trinajstić information content (AvgIpc) is 0. The van der Waals surface area contributed by atoms with Crippen LogP contribution in [-0.4, -0.2) is 38.3 Å².